The van der Waals surface area contributed by atoms with Crippen molar-refractivity contribution in [1.82, 2.24) is 20.2 Å². The molecule has 0 aliphatic rings. The Morgan fingerprint density at radius 1 is 1.46 bits per heavy atom. The van der Waals surface area contributed by atoms with E-state index in [4.69, 9.17) is 0 Å². The molecule has 1 aromatic rings. The molecule has 0 aliphatic carbocycles. The number of thiol groups is 1. The average Bonchev–Trinajstić information content (AvgIpc) is 2.50. The van der Waals surface area contributed by atoms with E-state index in [1.165, 1.54) is 4.68 Å². The van der Waals surface area contributed by atoms with Gasteiger partial charge in [-0.05, 0) is 10.4 Å². The Kier molecular flexibility index (Phi) is 3.13. The minimum absolute atomic E-state index is 0.140. The maximum atomic E-state index is 11.1. The summed E-state index contributed by atoms with van der Waals surface area (Å²) >= 11 is 3.88. The monoisotopic (exact) mass is 200 g/mol. The van der Waals surface area contributed by atoms with E-state index in [-0.39, 0.29) is 18.1 Å². The molecule has 0 amide bonds. The van der Waals surface area contributed by atoms with Crippen LogP contribution in [0.3, 0.4) is 0 Å². The third kappa shape index (κ3) is 2.35. The summed E-state index contributed by atoms with van der Waals surface area (Å²) in [6, 6.07) is 0. The highest BCUT2D eigenvalue weighted by molar-refractivity contribution is 7.80. The third-order valence-electron chi connectivity index (χ3n) is 1.44. The number of aromatic nitrogens is 4. The van der Waals surface area contributed by atoms with Crippen LogP contribution in [0, 0.1) is 0 Å². The lowest BCUT2D eigenvalue weighted by atomic mass is 10.2. The standard InChI is InChI=1S/C6H8N4O2S/c1-2-4(11)5(12)3-10-6(13)7-8-9-10/h2-3H2,1H3,(H,7,9,13). The molecule has 70 valence electrons. The topological polar surface area (TPSA) is 77.7 Å². The van der Waals surface area contributed by atoms with Gasteiger partial charge in [-0.25, -0.2) is 4.68 Å². The van der Waals surface area contributed by atoms with Crippen LogP contribution in [0.1, 0.15) is 13.3 Å². The molecular weight excluding hydrogens is 192 g/mol. The molecule has 0 bridgehead atoms. The van der Waals surface area contributed by atoms with Crippen LogP contribution < -0.4 is 0 Å². The molecule has 1 aromatic heterocycles. The van der Waals surface area contributed by atoms with Gasteiger partial charge < -0.3 is 0 Å². The summed E-state index contributed by atoms with van der Waals surface area (Å²) in [6.07, 6.45) is 0.197. The van der Waals surface area contributed by atoms with Gasteiger partial charge in [0.25, 0.3) is 0 Å². The fourth-order valence-corrected chi connectivity index (χ4v) is 0.874. The zero-order valence-corrected chi connectivity index (χ0v) is 7.86. The number of carbonyl (C=O) groups excluding carboxylic acids is 2. The number of ketones is 2. The van der Waals surface area contributed by atoms with Gasteiger partial charge >= 0.3 is 0 Å². The van der Waals surface area contributed by atoms with Gasteiger partial charge in [0.15, 0.2) is 5.78 Å². The van der Waals surface area contributed by atoms with E-state index in [0.29, 0.717) is 0 Å². The van der Waals surface area contributed by atoms with Crippen molar-refractivity contribution in [2.24, 2.45) is 0 Å². The van der Waals surface area contributed by atoms with Crippen molar-refractivity contribution in [1.29, 1.82) is 0 Å². The highest BCUT2D eigenvalue weighted by Gasteiger charge is 2.13. The Morgan fingerprint density at radius 3 is 2.62 bits per heavy atom. The van der Waals surface area contributed by atoms with Gasteiger partial charge in [-0.2, -0.15) is 0 Å². The van der Waals surface area contributed by atoms with E-state index >= 15 is 0 Å². The summed E-state index contributed by atoms with van der Waals surface area (Å²) in [5, 5.41) is 10.4. The summed E-state index contributed by atoms with van der Waals surface area (Å²) < 4.78 is 1.17. The third-order valence-corrected chi connectivity index (χ3v) is 1.76. The van der Waals surface area contributed by atoms with E-state index in [0.717, 1.165) is 0 Å². The highest BCUT2D eigenvalue weighted by Crippen LogP contribution is 1.97. The molecule has 0 fully saturated rings. The Balaban J connectivity index is 2.65. The lowest BCUT2D eigenvalue weighted by Crippen LogP contribution is -2.20. The van der Waals surface area contributed by atoms with E-state index in [2.05, 4.69) is 28.2 Å². The van der Waals surface area contributed by atoms with Gasteiger partial charge in [-0.1, -0.05) is 6.92 Å². The smallest absolute Gasteiger partial charge is 0.219 e. The summed E-state index contributed by atoms with van der Waals surface area (Å²) in [6.45, 7) is 1.49. The summed E-state index contributed by atoms with van der Waals surface area (Å²) in [5.74, 6) is -0.937. The molecule has 0 aromatic carbocycles. The van der Waals surface area contributed by atoms with E-state index in [1.54, 1.807) is 6.92 Å². The highest BCUT2D eigenvalue weighted by atomic mass is 32.1. The van der Waals surface area contributed by atoms with Crippen LogP contribution in [-0.2, 0) is 16.1 Å². The van der Waals surface area contributed by atoms with E-state index in [1.807, 2.05) is 0 Å². The maximum Gasteiger partial charge on any atom is 0.219 e. The molecule has 7 heteroatoms. The van der Waals surface area contributed by atoms with Crippen molar-refractivity contribution in [2.45, 2.75) is 25.0 Å². The molecule has 1 heterocycles. The number of hydrogen-bond donors (Lipinski definition) is 1. The van der Waals surface area contributed by atoms with Gasteiger partial charge in [-0.15, -0.1) is 17.7 Å². The predicted molar refractivity (Wildman–Crippen MR) is 45.4 cm³/mol. The molecule has 0 spiro atoms. The van der Waals surface area contributed by atoms with Gasteiger partial charge in [-0.3, -0.25) is 9.59 Å². The minimum Gasteiger partial charge on any atom is -0.291 e. The molecule has 0 saturated heterocycles. The van der Waals surface area contributed by atoms with Crippen LogP contribution in [0.25, 0.3) is 0 Å². The van der Waals surface area contributed by atoms with Gasteiger partial charge in [0.05, 0.1) is 0 Å². The molecule has 0 unspecified atom stereocenters. The van der Waals surface area contributed by atoms with Crippen LogP contribution in [-0.4, -0.2) is 31.8 Å². The van der Waals surface area contributed by atoms with Crippen LogP contribution in [0.5, 0.6) is 0 Å². The van der Waals surface area contributed by atoms with Crippen LogP contribution >= 0.6 is 12.6 Å². The van der Waals surface area contributed by atoms with Crippen molar-refractivity contribution in [3.63, 3.8) is 0 Å². The number of carbonyl (C=O) groups is 2. The normalized spacial score (nSPS) is 10.0. The predicted octanol–water partition coefficient (Wildman–Crippen LogP) is -0.490. The van der Waals surface area contributed by atoms with Gasteiger partial charge in [0.2, 0.25) is 10.9 Å². The Hall–Kier alpha value is -1.24. The maximum absolute atomic E-state index is 11.1. The second-order valence-corrected chi connectivity index (χ2v) is 2.74. The first-order chi connectivity index (χ1) is 6.15. The zero-order chi connectivity index (χ0) is 9.84. The first-order valence-electron chi connectivity index (χ1n) is 3.66. The molecule has 0 N–H and O–H groups in total. The van der Waals surface area contributed by atoms with Crippen LogP contribution in [0.4, 0.5) is 0 Å². The molecule has 13 heavy (non-hydrogen) atoms. The van der Waals surface area contributed by atoms with Gasteiger partial charge in [0, 0.05) is 6.42 Å². The largest absolute Gasteiger partial charge is 0.291 e. The molecule has 0 atom stereocenters. The van der Waals surface area contributed by atoms with Crippen LogP contribution in [0.2, 0.25) is 0 Å². The first-order valence-corrected chi connectivity index (χ1v) is 4.11. The lowest BCUT2D eigenvalue weighted by Gasteiger charge is -1.97. The number of tetrazole rings is 1. The summed E-state index contributed by atoms with van der Waals surface area (Å²) in [5.41, 5.74) is 0. The van der Waals surface area contributed by atoms with E-state index < -0.39 is 11.6 Å². The van der Waals surface area contributed by atoms with Gasteiger partial charge in [0.1, 0.15) is 6.54 Å². The molecule has 1 rings (SSSR count). The fourth-order valence-electron chi connectivity index (χ4n) is 0.724. The van der Waals surface area contributed by atoms with Crippen molar-refractivity contribution < 1.29 is 9.59 Å². The van der Waals surface area contributed by atoms with Crippen molar-refractivity contribution in [3.05, 3.63) is 0 Å². The summed E-state index contributed by atoms with van der Waals surface area (Å²) in [4.78, 5) is 22.0. The summed E-state index contributed by atoms with van der Waals surface area (Å²) in [7, 11) is 0. The lowest BCUT2D eigenvalue weighted by molar-refractivity contribution is -0.136. The molecule has 6 nitrogen and oxygen atoms in total. The van der Waals surface area contributed by atoms with Crippen LogP contribution in [0.15, 0.2) is 5.16 Å². The number of hydrogen-bond acceptors (Lipinski definition) is 6. The molecular formula is C6H8N4O2S. The van der Waals surface area contributed by atoms with E-state index in [9.17, 15) is 9.59 Å². The van der Waals surface area contributed by atoms with Crippen molar-refractivity contribution >= 4 is 24.2 Å². The minimum atomic E-state index is -0.509. The number of rotatable bonds is 4. The number of nitrogens with zero attached hydrogens (tertiary/aromatic N) is 4. The van der Waals surface area contributed by atoms with Crippen molar-refractivity contribution in [2.75, 3.05) is 0 Å². The fraction of sp³-hybridized carbons (Fsp3) is 0.500. The quantitative estimate of drug-likeness (QED) is 0.524. The SMILES string of the molecule is CCC(=O)C(=O)Cn1nnnc1S. The molecule has 0 saturated carbocycles. The second-order valence-electron chi connectivity index (χ2n) is 2.34. The molecule has 0 aliphatic heterocycles. The Labute approximate surface area is 79.7 Å². The molecule has 0 radical (unpaired) electrons. The zero-order valence-electron chi connectivity index (χ0n) is 6.97. The second kappa shape index (κ2) is 4.13. The average molecular weight is 200 g/mol. The Bertz CT molecular complexity index is 335. The first kappa shape index (κ1) is 9.85. The van der Waals surface area contributed by atoms with Crippen molar-refractivity contribution in [3.8, 4) is 0 Å². The Morgan fingerprint density at radius 2 is 2.15 bits per heavy atom. The number of Topliss-reactive ketones (excluding diaryl/α,β-unsaturated/α-hetero) is 2.